The van der Waals surface area contributed by atoms with Gasteiger partial charge >= 0.3 is 18.0 Å². The Bertz CT molecular complexity index is 320. The molecule has 0 aromatic heterocycles. The summed E-state index contributed by atoms with van der Waals surface area (Å²) in [4.78, 5) is 31.9. The summed E-state index contributed by atoms with van der Waals surface area (Å²) < 4.78 is 0. The lowest BCUT2D eigenvalue weighted by Crippen LogP contribution is -2.47. The van der Waals surface area contributed by atoms with Gasteiger partial charge in [-0.15, -0.1) is 12.3 Å². The molecule has 1 atom stereocenters. The van der Waals surface area contributed by atoms with E-state index in [1.807, 2.05) is 5.32 Å². The maximum atomic E-state index is 11.1. The van der Waals surface area contributed by atoms with Gasteiger partial charge in [-0.2, -0.15) is 0 Å². The number of nitrogens with one attached hydrogen (secondary N) is 2. The second-order valence-corrected chi connectivity index (χ2v) is 2.84. The molecule has 0 heterocycles. The summed E-state index contributed by atoms with van der Waals surface area (Å²) in [5.74, 6) is -0.438. The van der Waals surface area contributed by atoms with Crippen LogP contribution in [0.5, 0.6) is 0 Å². The number of aliphatic carboxylic acids is 2. The van der Waals surface area contributed by atoms with Gasteiger partial charge in [0.05, 0.1) is 6.42 Å². The lowest BCUT2D eigenvalue weighted by Gasteiger charge is -2.12. The van der Waals surface area contributed by atoms with Crippen molar-refractivity contribution in [1.82, 2.24) is 10.6 Å². The molecule has 7 nitrogen and oxygen atoms in total. The molecule has 2 amide bonds. The van der Waals surface area contributed by atoms with E-state index >= 15 is 0 Å². The number of carbonyl (C=O) groups excluding carboxylic acids is 1. The van der Waals surface area contributed by atoms with Gasteiger partial charge < -0.3 is 20.8 Å². The molecule has 0 saturated heterocycles. The molecule has 16 heavy (non-hydrogen) atoms. The van der Waals surface area contributed by atoms with E-state index in [-0.39, 0.29) is 6.54 Å². The molecule has 0 rings (SSSR count). The summed E-state index contributed by atoms with van der Waals surface area (Å²) in [5, 5.41) is 21.3. The van der Waals surface area contributed by atoms with Crippen LogP contribution in [0.4, 0.5) is 4.79 Å². The van der Waals surface area contributed by atoms with Gasteiger partial charge in [-0.05, 0) is 0 Å². The van der Waals surface area contributed by atoms with Crippen LogP contribution in [0.1, 0.15) is 12.8 Å². The average molecular weight is 228 g/mol. The Morgan fingerprint density at radius 3 is 2.38 bits per heavy atom. The van der Waals surface area contributed by atoms with Crippen LogP contribution in [0.15, 0.2) is 0 Å². The van der Waals surface area contributed by atoms with Crippen LogP contribution in [-0.2, 0) is 9.59 Å². The van der Waals surface area contributed by atoms with Crippen molar-refractivity contribution in [2.24, 2.45) is 0 Å². The first-order valence-electron chi connectivity index (χ1n) is 4.39. The molecular formula is C9H12N2O5. The Kier molecular flexibility index (Phi) is 6.12. The number of rotatable bonds is 6. The van der Waals surface area contributed by atoms with E-state index in [2.05, 4.69) is 11.2 Å². The molecule has 7 heteroatoms. The standard InChI is InChI=1S/C9H12N2O5/c1-2-3-4-10-9(16)11-6(8(14)15)5-7(12)13/h1,6H,3-5H2,(H,12,13)(H,14,15)(H2,10,11,16). The molecule has 0 spiro atoms. The highest BCUT2D eigenvalue weighted by atomic mass is 16.4. The highest BCUT2D eigenvalue weighted by Crippen LogP contribution is 1.92. The van der Waals surface area contributed by atoms with Crippen LogP contribution in [0.25, 0.3) is 0 Å². The van der Waals surface area contributed by atoms with Gasteiger partial charge in [0.25, 0.3) is 0 Å². The van der Waals surface area contributed by atoms with Crippen LogP contribution in [0, 0.1) is 12.3 Å². The number of hydrogen-bond donors (Lipinski definition) is 4. The predicted octanol–water partition coefficient (Wildman–Crippen LogP) is -0.763. The fourth-order valence-corrected chi connectivity index (χ4v) is 0.832. The van der Waals surface area contributed by atoms with Crippen molar-refractivity contribution < 1.29 is 24.6 Å². The van der Waals surface area contributed by atoms with E-state index in [1.165, 1.54) is 0 Å². The van der Waals surface area contributed by atoms with Gasteiger partial charge in [0, 0.05) is 13.0 Å². The van der Waals surface area contributed by atoms with Gasteiger partial charge in [0.2, 0.25) is 0 Å². The van der Waals surface area contributed by atoms with Crippen LogP contribution >= 0.6 is 0 Å². The van der Waals surface area contributed by atoms with Crippen molar-refractivity contribution in [2.45, 2.75) is 18.9 Å². The van der Waals surface area contributed by atoms with E-state index in [0.717, 1.165) is 0 Å². The molecule has 0 aliphatic rings. The molecule has 88 valence electrons. The second-order valence-electron chi connectivity index (χ2n) is 2.84. The average Bonchev–Trinajstić information content (AvgIpc) is 2.16. The van der Waals surface area contributed by atoms with Crippen LogP contribution in [-0.4, -0.2) is 40.8 Å². The zero-order valence-electron chi connectivity index (χ0n) is 8.40. The molecular weight excluding hydrogens is 216 g/mol. The predicted molar refractivity (Wildman–Crippen MR) is 53.7 cm³/mol. The number of terminal acetylenes is 1. The molecule has 0 fully saturated rings. The number of carboxylic acid groups (broad SMARTS) is 2. The third kappa shape index (κ3) is 6.26. The Morgan fingerprint density at radius 1 is 1.31 bits per heavy atom. The minimum Gasteiger partial charge on any atom is -0.481 e. The van der Waals surface area contributed by atoms with Crippen molar-refractivity contribution in [2.75, 3.05) is 6.54 Å². The molecule has 0 aliphatic carbocycles. The SMILES string of the molecule is C#CCCNC(=O)NC(CC(=O)O)C(=O)O. The van der Waals surface area contributed by atoms with Crippen molar-refractivity contribution >= 4 is 18.0 Å². The molecule has 0 aliphatic heterocycles. The van der Waals surface area contributed by atoms with Crippen LogP contribution in [0.2, 0.25) is 0 Å². The summed E-state index contributed by atoms with van der Waals surface area (Å²) >= 11 is 0. The molecule has 0 aromatic carbocycles. The van der Waals surface area contributed by atoms with Crippen LogP contribution in [0.3, 0.4) is 0 Å². The van der Waals surface area contributed by atoms with Crippen molar-refractivity contribution in [3.8, 4) is 12.3 Å². The zero-order valence-corrected chi connectivity index (χ0v) is 8.40. The van der Waals surface area contributed by atoms with E-state index in [9.17, 15) is 14.4 Å². The lowest BCUT2D eigenvalue weighted by atomic mass is 10.2. The van der Waals surface area contributed by atoms with E-state index in [0.29, 0.717) is 6.42 Å². The van der Waals surface area contributed by atoms with Crippen LogP contribution < -0.4 is 10.6 Å². The number of hydrogen-bond acceptors (Lipinski definition) is 3. The highest BCUT2D eigenvalue weighted by Gasteiger charge is 2.22. The fraction of sp³-hybridized carbons (Fsp3) is 0.444. The van der Waals surface area contributed by atoms with Gasteiger partial charge in [-0.25, -0.2) is 9.59 Å². The summed E-state index contributed by atoms with van der Waals surface area (Å²) in [6.07, 6.45) is 4.56. The summed E-state index contributed by atoms with van der Waals surface area (Å²) in [6, 6.07) is -2.22. The number of carboxylic acids is 2. The topological polar surface area (TPSA) is 116 Å². The molecule has 0 saturated carbocycles. The maximum absolute atomic E-state index is 11.1. The van der Waals surface area contributed by atoms with Gasteiger partial charge in [0.15, 0.2) is 0 Å². The number of amides is 2. The van der Waals surface area contributed by atoms with E-state index < -0.39 is 30.4 Å². The normalized spacial score (nSPS) is 10.9. The zero-order chi connectivity index (χ0) is 12.6. The molecule has 0 radical (unpaired) electrons. The maximum Gasteiger partial charge on any atom is 0.326 e. The molecule has 4 N–H and O–H groups in total. The largest absolute Gasteiger partial charge is 0.481 e. The van der Waals surface area contributed by atoms with Crippen molar-refractivity contribution in [3.05, 3.63) is 0 Å². The molecule has 0 bridgehead atoms. The lowest BCUT2D eigenvalue weighted by molar-refractivity contribution is -0.145. The Morgan fingerprint density at radius 2 is 1.94 bits per heavy atom. The third-order valence-corrected chi connectivity index (χ3v) is 1.54. The first kappa shape index (κ1) is 13.8. The van der Waals surface area contributed by atoms with E-state index in [1.54, 1.807) is 0 Å². The fourth-order valence-electron chi connectivity index (χ4n) is 0.832. The minimum absolute atomic E-state index is 0.196. The first-order valence-corrected chi connectivity index (χ1v) is 4.39. The van der Waals surface area contributed by atoms with Gasteiger partial charge in [-0.1, -0.05) is 0 Å². The van der Waals surface area contributed by atoms with Gasteiger partial charge in [-0.3, -0.25) is 4.79 Å². The Labute approximate surface area is 91.8 Å². The molecule has 0 aromatic rings. The smallest absolute Gasteiger partial charge is 0.326 e. The quantitative estimate of drug-likeness (QED) is 0.352. The monoisotopic (exact) mass is 228 g/mol. The van der Waals surface area contributed by atoms with E-state index in [4.69, 9.17) is 16.6 Å². The summed E-state index contributed by atoms with van der Waals surface area (Å²) in [5.41, 5.74) is 0. The van der Waals surface area contributed by atoms with Crippen molar-refractivity contribution in [3.63, 3.8) is 0 Å². The number of carbonyl (C=O) groups is 3. The van der Waals surface area contributed by atoms with Gasteiger partial charge in [0.1, 0.15) is 6.04 Å². The second kappa shape index (κ2) is 7.11. The number of urea groups is 1. The Hall–Kier alpha value is -2.23. The minimum atomic E-state index is -1.46. The van der Waals surface area contributed by atoms with Crippen molar-refractivity contribution in [1.29, 1.82) is 0 Å². The summed E-state index contributed by atoms with van der Waals surface area (Å²) in [7, 11) is 0. The Balaban J connectivity index is 4.09. The molecule has 1 unspecified atom stereocenters. The highest BCUT2D eigenvalue weighted by molar-refractivity contribution is 5.86. The third-order valence-electron chi connectivity index (χ3n) is 1.54. The first-order chi connectivity index (χ1) is 7.47. The summed E-state index contributed by atoms with van der Waals surface area (Å²) in [6.45, 7) is 0.196.